The molecule has 0 bridgehead atoms. The zero-order chi connectivity index (χ0) is 14.6. The average Bonchev–Trinajstić information content (AvgIpc) is 2.81. The van der Waals surface area contributed by atoms with Gasteiger partial charge in [-0.05, 0) is 31.1 Å². The number of nitrogens with zero attached hydrogens (tertiary/aromatic N) is 2. The van der Waals surface area contributed by atoms with E-state index in [0.717, 1.165) is 30.9 Å². The fourth-order valence-corrected chi connectivity index (χ4v) is 4.11. The Labute approximate surface area is 122 Å². The first-order valence-corrected chi connectivity index (χ1v) is 9.69. The van der Waals surface area contributed by atoms with Crippen LogP contribution in [0, 0.1) is 11.8 Å². The quantitative estimate of drug-likeness (QED) is 0.480. The second-order valence-electron chi connectivity index (χ2n) is 6.17. The van der Waals surface area contributed by atoms with Crippen molar-refractivity contribution in [3.05, 3.63) is 0 Å². The highest BCUT2D eigenvalue weighted by Crippen LogP contribution is 2.35. The SMILES string of the molecule is CN=C(NCCCS(C)(=O)=O)N1CC2CCCCC2C1. The van der Waals surface area contributed by atoms with Crippen LogP contribution in [0.15, 0.2) is 4.99 Å². The van der Waals surface area contributed by atoms with Crippen molar-refractivity contribution >= 4 is 15.8 Å². The monoisotopic (exact) mass is 301 g/mol. The molecule has 1 saturated carbocycles. The van der Waals surface area contributed by atoms with E-state index in [0.29, 0.717) is 13.0 Å². The molecule has 2 atom stereocenters. The summed E-state index contributed by atoms with van der Waals surface area (Å²) >= 11 is 0. The number of fused-ring (bicyclic) bond motifs is 1. The predicted octanol–water partition coefficient (Wildman–Crippen LogP) is 1.12. The number of hydrogen-bond donors (Lipinski definition) is 1. The first-order valence-electron chi connectivity index (χ1n) is 7.63. The smallest absolute Gasteiger partial charge is 0.193 e. The molecule has 0 aromatic carbocycles. The Kier molecular flexibility index (Phi) is 5.29. The second kappa shape index (κ2) is 6.78. The molecule has 2 rings (SSSR count). The third kappa shape index (κ3) is 4.36. The van der Waals surface area contributed by atoms with Crippen LogP contribution in [0.1, 0.15) is 32.1 Å². The standard InChI is InChI=1S/C14H27N3O2S/c1-15-14(16-8-5-9-20(2,18)19)17-10-12-6-3-4-7-13(12)11-17/h12-13H,3-11H2,1-2H3,(H,15,16). The van der Waals surface area contributed by atoms with Crippen LogP contribution in [-0.2, 0) is 9.84 Å². The highest BCUT2D eigenvalue weighted by Gasteiger charge is 2.35. The average molecular weight is 301 g/mol. The summed E-state index contributed by atoms with van der Waals surface area (Å²) in [6, 6.07) is 0. The van der Waals surface area contributed by atoms with E-state index in [4.69, 9.17) is 0 Å². The van der Waals surface area contributed by atoms with E-state index in [2.05, 4.69) is 15.2 Å². The van der Waals surface area contributed by atoms with Gasteiger partial charge in [-0.2, -0.15) is 0 Å². The minimum absolute atomic E-state index is 0.238. The summed E-state index contributed by atoms with van der Waals surface area (Å²) in [5, 5.41) is 3.31. The maximum atomic E-state index is 11.1. The summed E-state index contributed by atoms with van der Waals surface area (Å²) in [5.74, 6) is 2.84. The zero-order valence-corrected chi connectivity index (χ0v) is 13.5. The summed E-state index contributed by atoms with van der Waals surface area (Å²) in [7, 11) is -1.05. The van der Waals surface area contributed by atoms with E-state index in [9.17, 15) is 8.42 Å². The Morgan fingerprint density at radius 1 is 1.25 bits per heavy atom. The van der Waals surface area contributed by atoms with E-state index >= 15 is 0 Å². The van der Waals surface area contributed by atoms with Crippen molar-refractivity contribution in [2.45, 2.75) is 32.1 Å². The highest BCUT2D eigenvalue weighted by atomic mass is 32.2. The molecule has 1 aliphatic carbocycles. The van der Waals surface area contributed by atoms with Crippen molar-refractivity contribution in [2.24, 2.45) is 16.8 Å². The van der Waals surface area contributed by atoms with Crippen molar-refractivity contribution < 1.29 is 8.42 Å². The van der Waals surface area contributed by atoms with Crippen molar-refractivity contribution in [3.8, 4) is 0 Å². The molecule has 5 nitrogen and oxygen atoms in total. The third-order valence-corrected chi connectivity index (χ3v) is 5.49. The first-order chi connectivity index (χ1) is 9.49. The molecule has 0 aromatic rings. The maximum Gasteiger partial charge on any atom is 0.193 e. The molecule has 1 heterocycles. The lowest BCUT2D eigenvalue weighted by Crippen LogP contribution is -2.41. The molecule has 1 N–H and O–H groups in total. The lowest BCUT2D eigenvalue weighted by molar-refractivity contribution is 0.299. The van der Waals surface area contributed by atoms with Crippen molar-refractivity contribution in [1.29, 1.82) is 0 Å². The minimum Gasteiger partial charge on any atom is -0.356 e. The normalized spacial score (nSPS) is 27.5. The third-order valence-electron chi connectivity index (χ3n) is 4.46. The van der Waals surface area contributed by atoms with Gasteiger partial charge in [0.05, 0.1) is 5.75 Å². The zero-order valence-electron chi connectivity index (χ0n) is 12.6. The van der Waals surface area contributed by atoms with Gasteiger partial charge in [0.15, 0.2) is 5.96 Å². The molecule has 6 heteroatoms. The predicted molar refractivity (Wildman–Crippen MR) is 82.7 cm³/mol. The largest absolute Gasteiger partial charge is 0.356 e. The Morgan fingerprint density at radius 2 is 1.85 bits per heavy atom. The summed E-state index contributed by atoms with van der Waals surface area (Å²) in [6.45, 7) is 2.89. The first kappa shape index (κ1) is 15.6. The Balaban J connectivity index is 1.78. The summed E-state index contributed by atoms with van der Waals surface area (Å²) in [6.07, 6.45) is 7.37. The lowest BCUT2D eigenvalue weighted by atomic mass is 9.82. The van der Waals surface area contributed by atoms with Gasteiger partial charge in [0.2, 0.25) is 0 Å². The second-order valence-corrected chi connectivity index (χ2v) is 8.43. The molecule has 2 unspecified atom stereocenters. The van der Waals surface area contributed by atoms with Gasteiger partial charge in [-0.1, -0.05) is 12.8 Å². The van der Waals surface area contributed by atoms with Gasteiger partial charge in [-0.15, -0.1) is 0 Å². The molecule has 116 valence electrons. The molecule has 0 radical (unpaired) electrons. The number of nitrogens with one attached hydrogen (secondary N) is 1. The molecule has 0 spiro atoms. The molecule has 1 aliphatic heterocycles. The summed E-state index contributed by atoms with van der Waals surface area (Å²) < 4.78 is 22.2. The van der Waals surface area contributed by atoms with Crippen LogP contribution in [0.3, 0.4) is 0 Å². The van der Waals surface area contributed by atoms with E-state index in [1.807, 2.05) is 0 Å². The maximum absolute atomic E-state index is 11.1. The highest BCUT2D eigenvalue weighted by molar-refractivity contribution is 7.90. The molecule has 20 heavy (non-hydrogen) atoms. The van der Waals surface area contributed by atoms with Gasteiger partial charge in [0, 0.05) is 32.9 Å². The van der Waals surface area contributed by atoms with E-state index in [1.165, 1.54) is 31.9 Å². The van der Waals surface area contributed by atoms with Crippen molar-refractivity contribution in [3.63, 3.8) is 0 Å². The Bertz CT molecular complexity index is 433. The molecule has 1 saturated heterocycles. The topological polar surface area (TPSA) is 61.8 Å². The van der Waals surface area contributed by atoms with Gasteiger partial charge in [0.25, 0.3) is 0 Å². The molecule has 0 amide bonds. The van der Waals surface area contributed by atoms with Crippen LogP contribution in [0.2, 0.25) is 0 Å². The van der Waals surface area contributed by atoms with Crippen LogP contribution in [0.5, 0.6) is 0 Å². The molecule has 0 aromatic heterocycles. The fraction of sp³-hybridized carbons (Fsp3) is 0.929. The minimum atomic E-state index is -2.86. The number of hydrogen-bond acceptors (Lipinski definition) is 3. The van der Waals surface area contributed by atoms with Crippen LogP contribution in [-0.4, -0.2) is 58.0 Å². The molecule has 2 aliphatic rings. The summed E-state index contributed by atoms with van der Waals surface area (Å²) in [4.78, 5) is 6.69. The van der Waals surface area contributed by atoms with E-state index in [1.54, 1.807) is 7.05 Å². The number of rotatable bonds is 4. The number of guanidine groups is 1. The Morgan fingerprint density at radius 3 is 2.35 bits per heavy atom. The molecule has 2 fully saturated rings. The van der Waals surface area contributed by atoms with Crippen LogP contribution >= 0.6 is 0 Å². The number of sulfone groups is 1. The number of likely N-dealkylation sites (tertiary alicyclic amines) is 1. The van der Waals surface area contributed by atoms with Crippen LogP contribution in [0.4, 0.5) is 0 Å². The lowest BCUT2D eigenvalue weighted by Gasteiger charge is -2.22. The van der Waals surface area contributed by atoms with Crippen LogP contribution in [0.25, 0.3) is 0 Å². The van der Waals surface area contributed by atoms with E-state index in [-0.39, 0.29) is 5.75 Å². The van der Waals surface area contributed by atoms with Gasteiger partial charge in [-0.3, -0.25) is 4.99 Å². The van der Waals surface area contributed by atoms with Crippen molar-refractivity contribution in [2.75, 3.05) is 38.7 Å². The summed E-state index contributed by atoms with van der Waals surface area (Å²) in [5.41, 5.74) is 0. The molecular formula is C14H27N3O2S. The van der Waals surface area contributed by atoms with Crippen molar-refractivity contribution in [1.82, 2.24) is 10.2 Å². The Hall–Kier alpha value is -0.780. The van der Waals surface area contributed by atoms with Gasteiger partial charge < -0.3 is 10.2 Å². The van der Waals surface area contributed by atoms with E-state index < -0.39 is 9.84 Å². The number of aliphatic imine (C=N–C) groups is 1. The van der Waals surface area contributed by atoms with Gasteiger partial charge in [-0.25, -0.2) is 8.42 Å². The van der Waals surface area contributed by atoms with Crippen LogP contribution < -0.4 is 5.32 Å². The van der Waals surface area contributed by atoms with Gasteiger partial charge in [0.1, 0.15) is 9.84 Å². The van der Waals surface area contributed by atoms with Gasteiger partial charge >= 0.3 is 0 Å². The fourth-order valence-electron chi connectivity index (χ4n) is 3.45. The molecular weight excluding hydrogens is 274 g/mol.